The summed E-state index contributed by atoms with van der Waals surface area (Å²) in [5, 5.41) is 8.53. The molecule has 1 heterocycles. The maximum Gasteiger partial charge on any atom is 0.430 e. The minimum atomic E-state index is -6.08. The van der Waals surface area contributed by atoms with Gasteiger partial charge < -0.3 is 14.3 Å². The molecule has 0 aliphatic heterocycles. The van der Waals surface area contributed by atoms with Crippen LogP contribution in [0.25, 0.3) is 0 Å². The van der Waals surface area contributed by atoms with E-state index in [9.17, 15) is 44.7 Å². The van der Waals surface area contributed by atoms with Gasteiger partial charge in [-0.2, -0.15) is 34.8 Å². The smallest absolute Gasteiger partial charge is 0.430 e. The number of furan rings is 1. The molecule has 0 spiro atoms. The second-order valence-corrected chi connectivity index (χ2v) is 7.11. The topological polar surface area (TPSA) is 106 Å². The molecule has 1 aromatic carbocycles. The molecule has 0 fully saturated rings. The first-order chi connectivity index (χ1) is 13.1. The largest absolute Gasteiger partial charge is 0.463 e. The zero-order chi connectivity index (χ0) is 22.3. The van der Waals surface area contributed by atoms with Gasteiger partial charge in [-0.05, 0) is 24.3 Å². The van der Waals surface area contributed by atoms with Crippen LogP contribution in [-0.2, 0) is 20.4 Å². The molecule has 1 aromatic heterocycles. The molecule has 14 heteroatoms. The average molecular weight is 447 g/mol. The second kappa shape index (κ2) is 7.26. The summed E-state index contributed by atoms with van der Waals surface area (Å²) < 4.78 is 112. The number of methoxy groups -OCH3 is 1. The predicted octanol–water partition coefficient (Wildman–Crippen LogP) is 3.18. The minimum Gasteiger partial charge on any atom is -0.463 e. The molecule has 2 N–H and O–H groups in total. The van der Waals surface area contributed by atoms with Crippen LogP contribution in [0.15, 0.2) is 45.9 Å². The molecule has 2 rings (SSSR count). The normalized spacial score (nSPS) is 13.2. The average Bonchev–Trinajstić information content (AvgIpc) is 3.10. The summed E-state index contributed by atoms with van der Waals surface area (Å²) in [5.41, 5.74) is -7.14. The van der Waals surface area contributed by atoms with Gasteiger partial charge in [0.2, 0.25) is 10.9 Å². The zero-order valence-corrected chi connectivity index (χ0v) is 14.9. The van der Waals surface area contributed by atoms with E-state index in [0.717, 1.165) is 19.2 Å². The Morgan fingerprint density at radius 3 is 1.97 bits per heavy atom. The van der Waals surface area contributed by atoms with Crippen LogP contribution in [-0.4, -0.2) is 39.0 Å². The highest BCUT2D eigenvalue weighted by atomic mass is 32.2. The molecule has 0 amide bonds. The number of anilines is 1. The van der Waals surface area contributed by atoms with Gasteiger partial charge in [0, 0.05) is 11.3 Å². The molecule has 0 saturated carbocycles. The molecule has 0 bridgehead atoms. The van der Waals surface area contributed by atoms with Crippen molar-refractivity contribution in [1.82, 2.24) is 0 Å². The van der Waals surface area contributed by atoms with Gasteiger partial charge in [-0.25, -0.2) is 4.79 Å². The Morgan fingerprint density at radius 2 is 1.52 bits per heavy atom. The molecule has 0 radical (unpaired) electrons. The number of rotatable bonds is 5. The molecule has 7 nitrogen and oxygen atoms in total. The molecule has 29 heavy (non-hydrogen) atoms. The van der Waals surface area contributed by atoms with Crippen LogP contribution in [0.5, 0.6) is 0 Å². The lowest BCUT2D eigenvalue weighted by Gasteiger charge is -2.32. The fourth-order valence-corrected chi connectivity index (χ4v) is 3.14. The van der Waals surface area contributed by atoms with Gasteiger partial charge in [0.15, 0.2) is 0 Å². The Hall–Kier alpha value is -2.74. The first kappa shape index (κ1) is 22.5. The summed E-state index contributed by atoms with van der Waals surface area (Å²) in [4.78, 5) is 11.3. The summed E-state index contributed by atoms with van der Waals surface area (Å²) in [7, 11) is -3.45. The van der Waals surface area contributed by atoms with E-state index in [1.54, 1.807) is 0 Å². The Kier molecular flexibility index (Phi) is 5.64. The molecule has 0 unspecified atom stereocenters. The highest BCUT2D eigenvalue weighted by molar-refractivity contribution is 7.92. The summed E-state index contributed by atoms with van der Waals surface area (Å²) in [5.74, 6) is -1.43. The van der Waals surface area contributed by atoms with Gasteiger partial charge in [-0.1, -0.05) is 12.1 Å². The number of sulfonamides is 1. The van der Waals surface area contributed by atoms with Gasteiger partial charge in [-0.15, -0.1) is 0 Å². The second-order valence-electron chi connectivity index (χ2n) is 5.50. The van der Waals surface area contributed by atoms with Crippen LogP contribution in [0.2, 0.25) is 0 Å². The van der Waals surface area contributed by atoms with E-state index >= 15 is 0 Å². The van der Waals surface area contributed by atoms with Crippen LogP contribution in [0, 0.1) is 0 Å². The molecule has 160 valence electrons. The van der Waals surface area contributed by atoms with Gasteiger partial charge in [0.25, 0.3) is 15.6 Å². The number of nitrogens with one attached hydrogen (secondary N) is 1. The van der Waals surface area contributed by atoms with E-state index in [4.69, 9.17) is 4.42 Å². The predicted molar refractivity (Wildman–Crippen MR) is 83.3 cm³/mol. The fraction of sp³-hybridized carbons (Fsp3) is 0.267. The highest BCUT2D eigenvalue weighted by Crippen LogP contribution is 2.50. The molecule has 0 aliphatic carbocycles. The van der Waals surface area contributed by atoms with Crippen LogP contribution in [0.3, 0.4) is 0 Å². The van der Waals surface area contributed by atoms with Gasteiger partial charge in [-0.3, -0.25) is 4.72 Å². The van der Waals surface area contributed by atoms with E-state index < -0.39 is 56.0 Å². The van der Waals surface area contributed by atoms with Crippen LogP contribution < -0.4 is 4.72 Å². The van der Waals surface area contributed by atoms with Crippen molar-refractivity contribution in [1.29, 1.82) is 0 Å². The number of esters is 1. The maximum atomic E-state index is 12.8. The quantitative estimate of drug-likeness (QED) is 0.539. The number of alkyl halides is 6. The lowest BCUT2D eigenvalue weighted by molar-refractivity contribution is -0.376. The first-order valence-electron chi connectivity index (χ1n) is 7.31. The van der Waals surface area contributed by atoms with E-state index in [2.05, 4.69) is 4.74 Å². The van der Waals surface area contributed by atoms with Crippen molar-refractivity contribution in [2.75, 3.05) is 11.8 Å². The van der Waals surface area contributed by atoms with Crippen molar-refractivity contribution in [3.05, 3.63) is 47.7 Å². The molecule has 0 saturated heterocycles. The maximum absolute atomic E-state index is 12.8. The highest BCUT2D eigenvalue weighted by Gasteiger charge is 2.71. The van der Waals surface area contributed by atoms with Crippen molar-refractivity contribution in [3.8, 4) is 0 Å². The number of ether oxygens (including phenoxy) is 1. The van der Waals surface area contributed by atoms with Crippen molar-refractivity contribution in [3.63, 3.8) is 0 Å². The summed E-state index contributed by atoms with van der Waals surface area (Å²) in [6, 6.07) is 3.56. The Bertz CT molecular complexity index is 980. The number of hydrogen-bond acceptors (Lipinski definition) is 6. The van der Waals surface area contributed by atoms with Gasteiger partial charge in [0.05, 0.1) is 7.11 Å². The molecule has 2 aromatic rings. The minimum absolute atomic E-state index is 0.265. The molecule has 0 aliphatic rings. The van der Waals surface area contributed by atoms with Gasteiger partial charge >= 0.3 is 18.3 Å². The Morgan fingerprint density at radius 1 is 1.00 bits per heavy atom. The third-order valence-corrected chi connectivity index (χ3v) is 4.86. The number of aliphatic hydroxyl groups is 1. The SMILES string of the molecule is COC(=O)c1ccc(S(=O)(=O)Nc2ccc(C(O)(C(F)(F)F)C(F)(F)F)cc2)o1. The van der Waals surface area contributed by atoms with E-state index in [-0.39, 0.29) is 12.1 Å². The first-order valence-corrected chi connectivity index (χ1v) is 8.79. The zero-order valence-electron chi connectivity index (χ0n) is 14.1. The number of halogens is 6. The summed E-state index contributed by atoms with van der Waals surface area (Å²) >= 11 is 0. The third kappa shape index (κ3) is 4.17. The molecule has 0 atom stereocenters. The lowest BCUT2D eigenvalue weighted by atomic mass is 9.92. The van der Waals surface area contributed by atoms with E-state index in [0.29, 0.717) is 12.1 Å². The van der Waals surface area contributed by atoms with Crippen LogP contribution >= 0.6 is 0 Å². The summed E-state index contributed by atoms with van der Waals surface area (Å²) in [6.07, 6.45) is -12.2. The van der Waals surface area contributed by atoms with Crippen molar-refractivity contribution in [2.45, 2.75) is 23.0 Å². The lowest BCUT2D eigenvalue weighted by Crippen LogP contribution is -2.53. The number of hydrogen-bond donors (Lipinski definition) is 2. The van der Waals surface area contributed by atoms with Gasteiger partial charge in [0.1, 0.15) is 0 Å². The van der Waals surface area contributed by atoms with Crippen molar-refractivity contribution < 1.29 is 53.8 Å². The van der Waals surface area contributed by atoms with Crippen LogP contribution in [0.1, 0.15) is 16.1 Å². The van der Waals surface area contributed by atoms with Crippen LogP contribution in [0.4, 0.5) is 32.0 Å². The monoisotopic (exact) mass is 447 g/mol. The Balaban J connectivity index is 2.33. The Labute approximate surface area is 158 Å². The standard InChI is InChI=1S/C15H11F6NO6S/c1-27-12(23)10-6-7-11(28-10)29(25,26)22-9-4-2-8(3-5-9)13(24,14(16,17)18)15(19,20)21/h2-7,22,24H,1H3. The number of benzene rings is 1. The van der Waals surface area contributed by atoms with E-state index in [1.165, 1.54) is 0 Å². The molecular formula is C15H11F6NO6S. The van der Waals surface area contributed by atoms with Crippen molar-refractivity contribution in [2.24, 2.45) is 0 Å². The van der Waals surface area contributed by atoms with E-state index in [1.807, 2.05) is 4.72 Å². The number of carbonyl (C=O) groups is 1. The third-order valence-electron chi connectivity index (χ3n) is 3.61. The van der Waals surface area contributed by atoms with Crippen molar-refractivity contribution >= 4 is 21.7 Å². The summed E-state index contributed by atoms with van der Waals surface area (Å²) in [6.45, 7) is 0. The molecular weight excluding hydrogens is 436 g/mol. The fourth-order valence-electron chi connectivity index (χ4n) is 2.15. The number of carbonyl (C=O) groups excluding carboxylic acids is 1.